The van der Waals surface area contributed by atoms with Crippen LogP contribution >= 0.6 is 0 Å². The van der Waals surface area contributed by atoms with Crippen molar-refractivity contribution >= 4 is 23.2 Å². The van der Waals surface area contributed by atoms with E-state index in [0.717, 1.165) is 5.56 Å². The summed E-state index contributed by atoms with van der Waals surface area (Å²) in [6.07, 6.45) is 0.761. The number of nitrogens with zero attached hydrogens (tertiary/aromatic N) is 1. The zero-order valence-electron chi connectivity index (χ0n) is 12.8. The summed E-state index contributed by atoms with van der Waals surface area (Å²) in [6, 6.07) is 12.5. The van der Waals surface area contributed by atoms with Gasteiger partial charge in [-0.1, -0.05) is 12.1 Å². The van der Waals surface area contributed by atoms with Crippen LogP contribution in [0.2, 0.25) is 0 Å². The van der Waals surface area contributed by atoms with Crippen molar-refractivity contribution in [2.24, 2.45) is 0 Å². The molecule has 1 fully saturated rings. The fourth-order valence-corrected chi connectivity index (χ4v) is 2.81. The molecule has 23 heavy (non-hydrogen) atoms. The molecule has 0 aliphatic carbocycles. The number of hydrogen-bond acceptors (Lipinski definition) is 2. The molecule has 4 nitrogen and oxygen atoms in total. The average Bonchev–Trinajstić information content (AvgIpc) is 2.90. The van der Waals surface area contributed by atoms with E-state index in [2.05, 4.69) is 5.32 Å². The number of amides is 2. The number of halogens is 1. The lowest BCUT2D eigenvalue weighted by atomic mass is 10.1. The highest BCUT2D eigenvalue weighted by molar-refractivity contribution is 6.07. The zero-order chi connectivity index (χ0) is 16.4. The minimum absolute atomic E-state index is 0.124. The lowest BCUT2D eigenvalue weighted by molar-refractivity contribution is -0.120. The molecule has 0 saturated carbocycles. The molecule has 0 spiro atoms. The molecule has 1 aliphatic heterocycles. The van der Waals surface area contributed by atoms with E-state index in [0.29, 0.717) is 24.2 Å². The largest absolute Gasteiger partial charge is 0.324 e. The quantitative estimate of drug-likeness (QED) is 0.945. The molecule has 2 amide bonds. The van der Waals surface area contributed by atoms with Crippen molar-refractivity contribution in [3.8, 4) is 0 Å². The number of nitrogens with one attached hydrogen (secondary N) is 1. The topological polar surface area (TPSA) is 49.4 Å². The number of benzene rings is 2. The molecule has 0 aromatic heterocycles. The van der Waals surface area contributed by atoms with E-state index in [1.165, 1.54) is 29.2 Å². The molecule has 5 heteroatoms. The summed E-state index contributed by atoms with van der Waals surface area (Å²) in [5.74, 6) is -0.729. The van der Waals surface area contributed by atoms with E-state index in [1.807, 2.05) is 31.2 Å². The third kappa shape index (κ3) is 3.23. The smallest absolute Gasteiger partial charge is 0.247 e. The van der Waals surface area contributed by atoms with Gasteiger partial charge in [-0.2, -0.15) is 0 Å². The van der Waals surface area contributed by atoms with Crippen molar-refractivity contribution in [3.05, 3.63) is 59.9 Å². The number of anilines is 2. The molecule has 3 rings (SSSR count). The molecule has 0 bridgehead atoms. The van der Waals surface area contributed by atoms with E-state index in [4.69, 9.17) is 0 Å². The molecule has 2 aromatic rings. The Morgan fingerprint density at radius 1 is 1.22 bits per heavy atom. The van der Waals surface area contributed by atoms with Crippen LogP contribution in [0.25, 0.3) is 0 Å². The fourth-order valence-electron chi connectivity index (χ4n) is 2.81. The van der Waals surface area contributed by atoms with Crippen molar-refractivity contribution in [1.82, 2.24) is 0 Å². The number of aryl methyl sites for hydroxylation is 1. The Hall–Kier alpha value is -2.69. The van der Waals surface area contributed by atoms with E-state index in [1.54, 1.807) is 0 Å². The first-order valence-electron chi connectivity index (χ1n) is 7.50. The van der Waals surface area contributed by atoms with Crippen molar-refractivity contribution < 1.29 is 14.0 Å². The number of carbonyl (C=O) groups excluding carboxylic acids is 2. The maximum atomic E-state index is 13.1. The van der Waals surface area contributed by atoms with Crippen molar-refractivity contribution in [2.45, 2.75) is 25.8 Å². The SMILES string of the molecule is Cc1cccc(NC(=O)C2CCC(=O)N2c2ccc(F)cc2)c1. The van der Waals surface area contributed by atoms with Gasteiger partial charge in [-0.15, -0.1) is 0 Å². The molecule has 118 valence electrons. The van der Waals surface area contributed by atoms with Gasteiger partial charge in [-0.3, -0.25) is 14.5 Å². The summed E-state index contributed by atoms with van der Waals surface area (Å²) in [7, 11) is 0. The highest BCUT2D eigenvalue weighted by atomic mass is 19.1. The number of hydrogen-bond donors (Lipinski definition) is 1. The fraction of sp³-hybridized carbons (Fsp3) is 0.222. The van der Waals surface area contributed by atoms with Crippen LogP contribution in [0, 0.1) is 12.7 Å². The summed E-state index contributed by atoms with van der Waals surface area (Å²) in [5, 5.41) is 2.85. The summed E-state index contributed by atoms with van der Waals surface area (Å²) >= 11 is 0. The van der Waals surface area contributed by atoms with Gasteiger partial charge in [0.1, 0.15) is 11.9 Å². The Morgan fingerprint density at radius 2 is 1.96 bits per heavy atom. The van der Waals surface area contributed by atoms with Gasteiger partial charge in [0.2, 0.25) is 11.8 Å². The van der Waals surface area contributed by atoms with Gasteiger partial charge in [-0.05, 0) is 55.3 Å². The predicted octanol–water partition coefficient (Wildman–Crippen LogP) is 3.27. The van der Waals surface area contributed by atoms with Gasteiger partial charge in [-0.25, -0.2) is 4.39 Å². The Kier molecular flexibility index (Phi) is 4.10. The molecule has 1 atom stereocenters. The van der Waals surface area contributed by atoms with Gasteiger partial charge >= 0.3 is 0 Å². The lowest BCUT2D eigenvalue weighted by Crippen LogP contribution is -2.41. The third-order valence-corrected chi connectivity index (χ3v) is 3.91. The standard InChI is InChI=1S/C18H17FN2O2/c1-12-3-2-4-14(11-12)20-18(23)16-9-10-17(22)21(16)15-7-5-13(19)6-8-15/h2-8,11,16H,9-10H2,1H3,(H,20,23). The van der Waals surface area contributed by atoms with Gasteiger partial charge in [0.25, 0.3) is 0 Å². The molecule has 1 unspecified atom stereocenters. The maximum Gasteiger partial charge on any atom is 0.247 e. The Labute approximate surface area is 133 Å². The first kappa shape index (κ1) is 15.2. The van der Waals surface area contributed by atoms with Crippen LogP contribution in [-0.2, 0) is 9.59 Å². The van der Waals surface area contributed by atoms with Crippen LogP contribution in [-0.4, -0.2) is 17.9 Å². The number of carbonyl (C=O) groups is 2. The van der Waals surface area contributed by atoms with E-state index in [9.17, 15) is 14.0 Å². The van der Waals surface area contributed by atoms with Crippen LogP contribution in [0.3, 0.4) is 0 Å². The summed E-state index contributed by atoms with van der Waals surface area (Å²) in [4.78, 5) is 26.1. The molecule has 1 N–H and O–H groups in total. The minimum Gasteiger partial charge on any atom is -0.324 e. The maximum absolute atomic E-state index is 13.1. The van der Waals surface area contributed by atoms with Crippen LogP contribution in [0.15, 0.2) is 48.5 Å². The van der Waals surface area contributed by atoms with Crippen molar-refractivity contribution in [3.63, 3.8) is 0 Å². The van der Waals surface area contributed by atoms with Gasteiger partial charge in [0.05, 0.1) is 0 Å². The molecular formula is C18H17FN2O2. The summed E-state index contributed by atoms with van der Waals surface area (Å²) in [6.45, 7) is 1.94. The second-order valence-electron chi connectivity index (χ2n) is 5.65. The van der Waals surface area contributed by atoms with Crippen LogP contribution in [0.5, 0.6) is 0 Å². The molecular weight excluding hydrogens is 295 g/mol. The molecule has 1 aliphatic rings. The first-order chi connectivity index (χ1) is 11.0. The lowest BCUT2D eigenvalue weighted by Gasteiger charge is -2.24. The van der Waals surface area contributed by atoms with E-state index < -0.39 is 6.04 Å². The Bertz CT molecular complexity index is 743. The van der Waals surface area contributed by atoms with E-state index >= 15 is 0 Å². The van der Waals surface area contributed by atoms with Crippen molar-refractivity contribution in [1.29, 1.82) is 0 Å². The highest BCUT2D eigenvalue weighted by Gasteiger charge is 2.37. The average molecular weight is 312 g/mol. The molecule has 0 radical (unpaired) electrons. The van der Waals surface area contributed by atoms with Crippen molar-refractivity contribution in [2.75, 3.05) is 10.2 Å². The van der Waals surface area contributed by atoms with Crippen LogP contribution < -0.4 is 10.2 Å². The predicted molar refractivity (Wildman–Crippen MR) is 86.7 cm³/mol. The normalized spacial score (nSPS) is 17.4. The first-order valence-corrected chi connectivity index (χ1v) is 7.50. The van der Waals surface area contributed by atoms with Gasteiger partial charge < -0.3 is 5.32 Å². The Morgan fingerprint density at radius 3 is 2.65 bits per heavy atom. The van der Waals surface area contributed by atoms with Gasteiger partial charge in [0, 0.05) is 17.8 Å². The monoisotopic (exact) mass is 312 g/mol. The second kappa shape index (κ2) is 6.20. The van der Waals surface area contributed by atoms with E-state index in [-0.39, 0.29) is 17.6 Å². The van der Waals surface area contributed by atoms with Crippen LogP contribution in [0.1, 0.15) is 18.4 Å². The number of rotatable bonds is 3. The Balaban J connectivity index is 1.81. The minimum atomic E-state index is -0.575. The zero-order valence-corrected chi connectivity index (χ0v) is 12.8. The van der Waals surface area contributed by atoms with Crippen LogP contribution in [0.4, 0.5) is 15.8 Å². The highest BCUT2D eigenvalue weighted by Crippen LogP contribution is 2.27. The molecule has 1 heterocycles. The third-order valence-electron chi connectivity index (χ3n) is 3.91. The second-order valence-corrected chi connectivity index (χ2v) is 5.65. The molecule has 1 saturated heterocycles. The van der Waals surface area contributed by atoms with Gasteiger partial charge in [0.15, 0.2) is 0 Å². The molecule has 2 aromatic carbocycles. The summed E-state index contributed by atoms with van der Waals surface area (Å²) < 4.78 is 13.1. The summed E-state index contributed by atoms with van der Waals surface area (Å²) in [5.41, 5.74) is 2.28.